The Hall–Kier alpha value is -1.78. The third-order valence-corrected chi connectivity index (χ3v) is 2.99. The van der Waals surface area contributed by atoms with Crippen LogP contribution < -0.4 is 5.73 Å². The molecular formula is C12H19N5. The van der Waals surface area contributed by atoms with E-state index in [0.717, 1.165) is 23.8 Å². The molecule has 0 fully saturated rings. The molecular weight excluding hydrogens is 214 g/mol. The van der Waals surface area contributed by atoms with Crippen molar-refractivity contribution >= 4 is 5.82 Å². The molecule has 0 amide bonds. The number of hydrogen-bond donors (Lipinski definition) is 1. The van der Waals surface area contributed by atoms with Crippen LogP contribution in [-0.2, 0) is 13.6 Å². The van der Waals surface area contributed by atoms with Crippen LogP contribution in [-0.4, -0.2) is 19.1 Å². The van der Waals surface area contributed by atoms with Crippen molar-refractivity contribution in [1.29, 1.82) is 0 Å². The zero-order valence-corrected chi connectivity index (χ0v) is 10.8. The van der Waals surface area contributed by atoms with Crippen LogP contribution in [0.3, 0.4) is 0 Å². The molecule has 0 atom stereocenters. The van der Waals surface area contributed by atoms with E-state index in [-0.39, 0.29) is 0 Å². The molecule has 2 rings (SSSR count). The van der Waals surface area contributed by atoms with Gasteiger partial charge in [-0.15, -0.1) is 0 Å². The highest BCUT2D eigenvalue weighted by molar-refractivity contribution is 5.68. The Kier molecular flexibility index (Phi) is 2.92. The molecule has 0 aromatic carbocycles. The van der Waals surface area contributed by atoms with E-state index in [4.69, 9.17) is 5.73 Å². The maximum atomic E-state index is 6.12. The maximum Gasteiger partial charge on any atom is 0.133 e. The van der Waals surface area contributed by atoms with E-state index in [1.165, 1.54) is 0 Å². The molecule has 0 saturated carbocycles. The summed E-state index contributed by atoms with van der Waals surface area (Å²) in [5, 5.41) is 0. The van der Waals surface area contributed by atoms with Gasteiger partial charge in [-0.3, -0.25) is 0 Å². The maximum absolute atomic E-state index is 6.12. The molecule has 0 saturated heterocycles. The van der Waals surface area contributed by atoms with Gasteiger partial charge in [-0.1, -0.05) is 13.8 Å². The second kappa shape index (κ2) is 4.24. The van der Waals surface area contributed by atoms with Crippen molar-refractivity contribution in [1.82, 2.24) is 19.1 Å². The molecule has 0 spiro atoms. The minimum absolute atomic E-state index is 0.356. The number of aromatic nitrogens is 4. The fourth-order valence-corrected chi connectivity index (χ4v) is 2.00. The summed E-state index contributed by atoms with van der Waals surface area (Å²) < 4.78 is 4.00. The summed E-state index contributed by atoms with van der Waals surface area (Å²) in [5.41, 5.74) is 7.92. The highest BCUT2D eigenvalue weighted by Crippen LogP contribution is 2.28. The van der Waals surface area contributed by atoms with Gasteiger partial charge < -0.3 is 14.9 Å². The number of anilines is 1. The molecule has 2 N–H and O–H groups in total. The van der Waals surface area contributed by atoms with Crippen molar-refractivity contribution in [2.45, 2.75) is 33.2 Å². The molecule has 2 aromatic heterocycles. The van der Waals surface area contributed by atoms with Gasteiger partial charge in [-0.2, -0.15) is 0 Å². The summed E-state index contributed by atoms with van der Waals surface area (Å²) in [6.07, 6.45) is 3.62. The number of imidazole rings is 2. The summed E-state index contributed by atoms with van der Waals surface area (Å²) in [4.78, 5) is 8.79. The Bertz CT molecular complexity index is 521. The minimum Gasteiger partial charge on any atom is -0.383 e. The molecule has 2 aromatic rings. The van der Waals surface area contributed by atoms with Crippen molar-refractivity contribution in [3.8, 4) is 11.4 Å². The summed E-state index contributed by atoms with van der Waals surface area (Å²) in [5.74, 6) is 2.05. The van der Waals surface area contributed by atoms with Crippen LogP contribution in [0.5, 0.6) is 0 Å². The van der Waals surface area contributed by atoms with Crippen molar-refractivity contribution in [2.24, 2.45) is 7.05 Å². The summed E-state index contributed by atoms with van der Waals surface area (Å²) in [7, 11) is 1.95. The average molecular weight is 233 g/mol. The van der Waals surface area contributed by atoms with E-state index in [1.54, 1.807) is 6.33 Å². The molecule has 0 radical (unpaired) electrons. The number of nitrogens with two attached hydrogens (primary N) is 1. The molecule has 0 aliphatic heterocycles. The summed E-state index contributed by atoms with van der Waals surface area (Å²) >= 11 is 0. The fourth-order valence-electron chi connectivity index (χ4n) is 2.00. The lowest BCUT2D eigenvalue weighted by atomic mass is 10.2. The van der Waals surface area contributed by atoms with Crippen LogP contribution in [0.15, 0.2) is 12.5 Å². The first-order valence-corrected chi connectivity index (χ1v) is 5.88. The Balaban J connectivity index is 2.57. The van der Waals surface area contributed by atoms with Gasteiger partial charge in [-0.05, 0) is 6.92 Å². The highest BCUT2D eigenvalue weighted by atomic mass is 15.1. The third-order valence-electron chi connectivity index (χ3n) is 2.99. The lowest BCUT2D eigenvalue weighted by molar-refractivity contribution is 0.715. The van der Waals surface area contributed by atoms with Gasteiger partial charge in [-0.25, -0.2) is 9.97 Å². The van der Waals surface area contributed by atoms with E-state index in [0.29, 0.717) is 11.7 Å². The molecule has 17 heavy (non-hydrogen) atoms. The largest absolute Gasteiger partial charge is 0.383 e. The predicted molar refractivity (Wildman–Crippen MR) is 68.6 cm³/mol. The first-order chi connectivity index (χ1) is 8.06. The van der Waals surface area contributed by atoms with Crippen LogP contribution in [0.1, 0.15) is 32.5 Å². The van der Waals surface area contributed by atoms with Crippen molar-refractivity contribution < 1.29 is 0 Å². The van der Waals surface area contributed by atoms with Gasteiger partial charge >= 0.3 is 0 Å². The van der Waals surface area contributed by atoms with Gasteiger partial charge in [0.1, 0.15) is 17.3 Å². The zero-order valence-electron chi connectivity index (χ0n) is 10.8. The first kappa shape index (κ1) is 11.7. The SMILES string of the molecule is CCn1cncc1-c1nc(C(C)C)n(C)c1N. The lowest BCUT2D eigenvalue weighted by Gasteiger charge is -2.04. The van der Waals surface area contributed by atoms with Crippen molar-refractivity contribution in [3.63, 3.8) is 0 Å². The molecule has 2 heterocycles. The van der Waals surface area contributed by atoms with E-state index in [1.807, 2.05) is 22.4 Å². The number of aryl methyl sites for hydroxylation is 1. The van der Waals surface area contributed by atoms with Gasteiger partial charge in [0.15, 0.2) is 0 Å². The van der Waals surface area contributed by atoms with Gasteiger partial charge in [0, 0.05) is 19.5 Å². The number of nitrogens with zero attached hydrogens (tertiary/aromatic N) is 4. The molecule has 0 unspecified atom stereocenters. The van der Waals surface area contributed by atoms with Gasteiger partial charge in [0.25, 0.3) is 0 Å². The smallest absolute Gasteiger partial charge is 0.133 e. The van der Waals surface area contributed by atoms with E-state index >= 15 is 0 Å². The lowest BCUT2D eigenvalue weighted by Crippen LogP contribution is -2.03. The molecule has 92 valence electrons. The van der Waals surface area contributed by atoms with Crippen LogP contribution in [0.4, 0.5) is 5.82 Å². The molecule has 5 nitrogen and oxygen atoms in total. The third kappa shape index (κ3) is 1.81. The van der Waals surface area contributed by atoms with Crippen LogP contribution in [0.25, 0.3) is 11.4 Å². The van der Waals surface area contributed by atoms with Crippen LogP contribution in [0.2, 0.25) is 0 Å². The van der Waals surface area contributed by atoms with E-state index in [9.17, 15) is 0 Å². The standard InChI is InChI=1S/C12H19N5/c1-5-17-7-14-6-9(17)10-11(13)16(4)12(15-10)8(2)3/h6-8H,5,13H2,1-4H3. The average Bonchev–Trinajstić information content (AvgIpc) is 2.85. The Labute approximate surface area is 101 Å². The summed E-state index contributed by atoms with van der Waals surface area (Å²) in [6.45, 7) is 7.17. The number of nitrogen functional groups attached to an aromatic ring is 1. The van der Waals surface area contributed by atoms with Crippen LogP contribution >= 0.6 is 0 Å². The Morgan fingerprint density at radius 1 is 1.41 bits per heavy atom. The van der Waals surface area contributed by atoms with Gasteiger partial charge in [0.2, 0.25) is 0 Å². The Morgan fingerprint density at radius 2 is 2.12 bits per heavy atom. The van der Waals surface area contributed by atoms with Gasteiger partial charge in [0.05, 0.1) is 18.2 Å². The second-order valence-corrected chi connectivity index (χ2v) is 4.48. The predicted octanol–water partition coefficient (Wildman–Crippen LogP) is 2.01. The molecule has 5 heteroatoms. The highest BCUT2D eigenvalue weighted by Gasteiger charge is 2.18. The minimum atomic E-state index is 0.356. The number of rotatable bonds is 3. The molecule has 0 aliphatic carbocycles. The molecule has 0 bridgehead atoms. The fraction of sp³-hybridized carbons (Fsp3) is 0.500. The number of hydrogen-bond acceptors (Lipinski definition) is 3. The second-order valence-electron chi connectivity index (χ2n) is 4.48. The van der Waals surface area contributed by atoms with E-state index in [2.05, 4.69) is 30.7 Å². The van der Waals surface area contributed by atoms with E-state index < -0.39 is 0 Å². The zero-order chi connectivity index (χ0) is 12.6. The first-order valence-electron chi connectivity index (χ1n) is 5.88. The topological polar surface area (TPSA) is 61.7 Å². The summed E-state index contributed by atoms with van der Waals surface area (Å²) in [6, 6.07) is 0. The Morgan fingerprint density at radius 3 is 2.65 bits per heavy atom. The monoisotopic (exact) mass is 233 g/mol. The van der Waals surface area contributed by atoms with Crippen molar-refractivity contribution in [2.75, 3.05) is 5.73 Å². The quantitative estimate of drug-likeness (QED) is 0.882. The van der Waals surface area contributed by atoms with Crippen LogP contribution in [0, 0.1) is 0 Å². The van der Waals surface area contributed by atoms with Crippen molar-refractivity contribution in [3.05, 3.63) is 18.3 Å². The molecule has 0 aliphatic rings. The normalized spacial score (nSPS) is 11.4.